The zero-order valence-electron chi connectivity index (χ0n) is 8.37. The molecule has 0 aliphatic heterocycles. The molecule has 0 spiro atoms. The van der Waals surface area contributed by atoms with E-state index in [9.17, 15) is 0 Å². The summed E-state index contributed by atoms with van der Waals surface area (Å²) in [5, 5.41) is 2.56. The number of nitrogens with two attached hydrogens (primary N) is 1. The lowest BCUT2D eigenvalue weighted by Gasteiger charge is -2.08. The van der Waals surface area contributed by atoms with Crippen LogP contribution in [0.3, 0.4) is 0 Å². The lowest BCUT2D eigenvalue weighted by atomic mass is 10.0. The molecular formula is C12H13NS. The smallest absolute Gasteiger partial charge is 0.0350 e. The van der Waals surface area contributed by atoms with Gasteiger partial charge < -0.3 is 5.73 Å². The third kappa shape index (κ3) is 1.36. The van der Waals surface area contributed by atoms with Crippen molar-refractivity contribution in [1.29, 1.82) is 0 Å². The van der Waals surface area contributed by atoms with Crippen LogP contribution >= 0.6 is 11.8 Å². The van der Waals surface area contributed by atoms with Crippen molar-refractivity contribution >= 4 is 28.2 Å². The summed E-state index contributed by atoms with van der Waals surface area (Å²) in [6.07, 6.45) is 2.10. The Hall–Kier alpha value is -1.15. The molecule has 2 rings (SSSR count). The van der Waals surface area contributed by atoms with Gasteiger partial charge in [0.1, 0.15) is 0 Å². The molecule has 2 aromatic carbocycles. The SMILES string of the molecule is CSc1cccc2c(C)c(N)ccc12. The Morgan fingerprint density at radius 1 is 1.07 bits per heavy atom. The first-order chi connectivity index (χ1) is 6.74. The highest BCUT2D eigenvalue weighted by Crippen LogP contribution is 2.30. The Kier molecular flexibility index (Phi) is 2.38. The van der Waals surface area contributed by atoms with E-state index >= 15 is 0 Å². The Morgan fingerprint density at radius 3 is 2.57 bits per heavy atom. The molecular weight excluding hydrogens is 190 g/mol. The maximum Gasteiger partial charge on any atom is 0.0350 e. The molecule has 0 bridgehead atoms. The van der Waals surface area contributed by atoms with E-state index in [1.165, 1.54) is 21.2 Å². The summed E-state index contributed by atoms with van der Waals surface area (Å²) in [6, 6.07) is 10.4. The van der Waals surface area contributed by atoms with E-state index in [-0.39, 0.29) is 0 Å². The van der Waals surface area contributed by atoms with Crippen molar-refractivity contribution in [1.82, 2.24) is 0 Å². The van der Waals surface area contributed by atoms with Gasteiger partial charge in [0.2, 0.25) is 0 Å². The monoisotopic (exact) mass is 203 g/mol. The summed E-state index contributed by atoms with van der Waals surface area (Å²) in [7, 11) is 0. The van der Waals surface area contributed by atoms with E-state index in [1.54, 1.807) is 11.8 Å². The normalized spacial score (nSPS) is 10.7. The Balaban J connectivity index is 2.86. The van der Waals surface area contributed by atoms with Gasteiger partial charge in [0.05, 0.1) is 0 Å². The second kappa shape index (κ2) is 3.54. The first kappa shape index (κ1) is 9.41. The number of hydrogen-bond donors (Lipinski definition) is 1. The first-order valence-corrected chi connectivity index (χ1v) is 5.78. The molecule has 0 saturated heterocycles. The van der Waals surface area contributed by atoms with Crippen molar-refractivity contribution in [2.75, 3.05) is 12.0 Å². The molecule has 72 valence electrons. The topological polar surface area (TPSA) is 26.0 Å². The molecule has 2 heteroatoms. The third-order valence-corrected chi connectivity index (χ3v) is 3.35. The summed E-state index contributed by atoms with van der Waals surface area (Å²) in [4.78, 5) is 1.31. The van der Waals surface area contributed by atoms with Crippen molar-refractivity contribution < 1.29 is 0 Å². The van der Waals surface area contributed by atoms with Gasteiger partial charge >= 0.3 is 0 Å². The number of nitrogen functional groups attached to an aromatic ring is 1. The zero-order chi connectivity index (χ0) is 10.1. The fraction of sp³-hybridized carbons (Fsp3) is 0.167. The molecule has 2 N–H and O–H groups in total. The average molecular weight is 203 g/mol. The van der Waals surface area contributed by atoms with Crippen LogP contribution in [0.15, 0.2) is 35.2 Å². The summed E-state index contributed by atoms with van der Waals surface area (Å²) >= 11 is 1.77. The van der Waals surface area contributed by atoms with Crippen LogP contribution in [0.1, 0.15) is 5.56 Å². The second-order valence-electron chi connectivity index (χ2n) is 3.34. The van der Waals surface area contributed by atoms with Crippen LogP contribution in [0.25, 0.3) is 10.8 Å². The van der Waals surface area contributed by atoms with Gasteiger partial charge in [-0.3, -0.25) is 0 Å². The highest BCUT2D eigenvalue weighted by Gasteiger charge is 2.03. The summed E-state index contributed by atoms with van der Waals surface area (Å²) in [5.41, 5.74) is 7.92. The molecule has 14 heavy (non-hydrogen) atoms. The highest BCUT2D eigenvalue weighted by atomic mass is 32.2. The molecule has 1 nitrogen and oxygen atoms in total. The fourth-order valence-corrected chi connectivity index (χ4v) is 2.29. The summed E-state index contributed by atoms with van der Waals surface area (Å²) in [6.45, 7) is 2.07. The van der Waals surface area contributed by atoms with Crippen LogP contribution in [0.4, 0.5) is 5.69 Å². The number of aryl methyl sites for hydroxylation is 1. The van der Waals surface area contributed by atoms with E-state index < -0.39 is 0 Å². The Morgan fingerprint density at radius 2 is 1.86 bits per heavy atom. The molecule has 0 aliphatic carbocycles. The van der Waals surface area contributed by atoms with Crippen LogP contribution < -0.4 is 5.73 Å². The highest BCUT2D eigenvalue weighted by molar-refractivity contribution is 7.98. The minimum atomic E-state index is 0.871. The van der Waals surface area contributed by atoms with Gasteiger partial charge in [-0.25, -0.2) is 0 Å². The number of thioether (sulfide) groups is 1. The first-order valence-electron chi connectivity index (χ1n) is 4.56. The molecule has 0 aromatic heterocycles. The van der Waals surface area contributed by atoms with Gasteiger partial charge in [-0.2, -0.15) is 0 Å². The number of fused-ring (bicyclic) bond motifs is 1. The van der Waals surface area contributed by atoms with Gasteiger partial charge in [-0.15, -0.1) is 11.8 Å². The molecule has 0 unspecified atom stereocenters. The van der Waals surface area contributed by atoms with Crippen LogP contribution in [-0.4, -0.2) is 6.26 Å². The van der Waals surface area contributed by atoms with E-state index in [4.69, 9.17) is 5.73 Å². The number of anilines is 1. The van der Waals surface area contributed by atoms with Crippen molar-refractivity contribution in [3.05, 3.63) is 35.9 Å². The largest absolute Gasteiger partial charge is 0.398 e. The predicted octanol–water partition coefficient (Wildman–Crippen LogP) is 3.45. The van der Waals surface area contributed by atoms with Crippen molar-refractivity contribution in [2.24, 2.45) is 0 Å². The minimum Gasteiger partial charge on any atom is -0.398 e. The molecule has 2 aromatic rings. The van der Waals surface area contributed by atoms with Crippen LogP contribution in [0, 0.1) is 6.92 Å². The summed E-state index contributed by atoms with van der Waals surface area (Å²) < 4.78 is 0. The van der Waals surface area contributed by atoms with E-state index in [0.717, 1.165) is 5.69 Å². The van der Waals surface area contributed by atoms with Gasteiger partial charge in [0.15, 0.2) is 0 Å². The van der Waals surface area contributed by atoms with Gasteiger partial charge in [0, 0.05) is 10.6 Å². The molecule has 0 aliphatic rings. The van der Waals surface area contributed by atoms with E-state index in [2.05, 4.69) is 37.4 Å². The average Bonchev–Trinajstić information content (AvgIpc) is 2.23. The molecule has 0 heterocycles. The quantitative estimate of drug-likeness (QED) is 0.567. The molecule has 0 amide bonds. The number of rotatable bonds is 1. The molecule has 0 saturated carbocycles. The zero-order valence-corrected chi connectivity index (χ0v) is 9.19. The summed E-state index contributed by atoms with van der Waals surface area (Å²) in [5.74, 6) is 0. The van der Waals surface area contributed by atoms with Crippen LogP contribution in [0.5, 0.6) is 0 Å². The molecule has 0 fully saturated rings. The van der Waals surface area contributed by atoms with E-state index in [1.807, 2.05) is 6.07 Å². The molecule has 0 atom stereocenters. The maximum atomic E-state index is 5.87. The van der Waals surface area contributed by atoms with E-state index in [0.29, 0.717) is 0 Å². The van der Waals surface area contributed by atoms with Crippen molar-refractivity contribution in [3.8, 4) is 0 Å². The van der Waals surface area contributed by atoms with Crippen LogP contribution in [0.2, 0.25) is 0 Å². The lowest BCUT2D eigenvalue weighted by Crippen LogP contribution is -1.90. The standard InChI is InChI=1S/C12H13NS/c1-8-9-4-3-5-12(14-2)10(9)6-7-11(8)13/h3-7H,13H2,1-2H3. The third-order valence-electron chi connectivity index (χ3n) is 2.55. The van der Waals surface area contributed by atoms with Gasteiger partial charge in [-0.05, 0) is 41.6 Å². The second-order valence-corrected chi connectivity index (χ2v) is 4.18. The maximum absolute atomic E-state index is 5.87. The lowest BCUT2D eigenvalue weighted by molar-refractivity contribution is 1.48. The van der Waals surface area contributed by atoms with Gasteiger partial charge in [0.25, 0.3) is 0 Å². The van der Waals surface area contributed by atoms with Crippen molar-refractivity contribution in [2.45, 2.75) is 11.8 Å². The Labute approximate surface area is 88.3 Å². The molecule has 0 radical (unpaired) electrons. The fourth-order valence-electron chi connectivity index (χ4n) is 1.67. The van der Waals surface area contributed by atoms with Crippen molar-refractivity contribution in [3.63, 3.8) is 0 Å². The Bertz CT molecular complexity index is 477. The number of benzene rings is 2. The van der Waals surface area contributed by atoms with Gasteiger partial charge in [-0.1, -0.05) is 18.2 Å². The number of hydrogen-bond acceptors (Lipinski definition) is 2. The predicted molar refractivity (Wildman–Crippen MR) is 64.9 cm³/mol. The minimum absolute atomic E-state index is 0.871. The van der Waals surface area contributed by atoms with Crippen LogP contribution in [-0.2, 0) is 0 Å².